The summed E-state index contributed by atoms with van der Waals surface area (Å²) in [6.07, 6.45) is 6.47. The van der Waals surface area contributed by atoms with Crippen LogP contribution in [0.1, 0.15) is 18.9 Å². The number of aromatic nitrogens is 3. The van der Waals surface area contributed by atoms with Crippen molar-refractivity contribution in [3.63, 3.8) is 0 Å². The number of guanidine groups is 1. The van der Waals surface area contributed by atoms with Crippen molar-refractivity contribution in [3.05, 3.63) is 42.4 Å². The van der Waals surface area contributed by atoms with E-state index in [0.29, 0.717) is 6.54 Å². The molecule has 0 spiro atoms. The highest BCUT2D eigenvalue weighted by Gasteiger charge is 2.01. The van der Waals surface area contributed by atoms with E-state index < -0.39 is 0 Å². The average Bonchev–Trinajstić information content (AvgIpc) is 3.02. The fourth-order valence-electron chi connectivity index (χ4n) is 1.75. The van der Waals surface area contributed by atoms with Gasteiger partial charge in [-0.15, -0.1) is 0 Å². The zero-order valence-electron chi connectivity index (χ0n) is 11.9. The fraction of sp³-hybridized carbons (Fsp3) is 0.357. The van der Waals surface area contributed by atoms with Crippen LogP contribution in [-0.2, 0) is 6.54 Å². The predicted octanol–water partition coefficient (Wildman–Crippen LogP) is 1.34. The summed E-state index contributed by atoms with van der Waals surface area (Å²) in [6.45, 7) is 3.73. The van der Waals surface area contributed by atoms with E-state index in [1.54, 1.807) is 24.1 Å². The number of aliphatic imine (C=N–C) groups is 1. The van der Waals surface area contributed by atoms with Gasteiger partial charge in [-0.2, -0.15) is 5.10 Å². The predicted molar refractivity (Wildman–Crippen MR) is 79.9 cm³/mol. The summed E-state index contributed by atoms with van der Waals surface area (Å²) in [4.78, 5) is 8.48. The first-order valence-electron chi connectivity index (χ1n) is 6.73. The lowest BCUT2D eigenvalue weighted by Crippen LogP contribution is -2.37. The minimum Gasteiger partial charge on any atom is -0.356 e. The van der Waals surface area contributed by atoms with Gasteiger partial charge in [0, 0.05) is 38.7 Å². The van der Waals surface area contributed by atoms with E-state index in [4.69, 9.17) is 0 Å². The van der Waals surface area contributed by atoms with E-state index in [9.17, 15) is 0 Å². The first kappa shape index (κ1) is 14.0. The summed E-state index contributed by atoms with van der Waals surface area (Å²) in [5.74, 6) is 1.62. The number of nitrogens with one attached hydrogen (secondary N) is 2. The van der Waals surface area contributed by atoms with Gasteiger partial charge in [0.25, 0.3) is 0 Å². The highest BCUT2D eigenvalue weighted by Crippen LogP contribution is 2.05. The van der Waals surface area contributed by atoms with Gasteiger partial charge >= 0.3 is 0 Å². The molecule has 2 aromatic rings. The molecule has 0 unspecified atom stereocenters. The topological polar surface area (TPSA) is 67.1 Å². The lowest BCUT2D eigenvalue weighted by molar-refractivity contribution is 0.778. The molecule has 0 radical (unpaired) electrons. The van der Waals surface area contributed by atoms with Crippen molar-refractivity contribution in [2.75, 3.05) is 13.6 Å². The Hall–Kier alpha value is -2.37. The maximum Gasteiger partial charge on any atom is 0.191 e. The van der Waals surface area contributed by atoms with Gasteiger partial charge in [0.1, 0.15) is 0 Å². The number of hydrogen-bond donors (Lipinski definition) is 2. The van der Waals surface area contributed by atoms with Gasteiger partial charge in [0.2, 0.25) is 0 Å². The molecule has 2 aromatic heterocycles. The molecule has 0 amide bonds. The van der Waals surface area contributed by atoms with Crippen molar-refractivity contribution in [2.24, 2.45) is 4.99 Å². The smallest absolute Gasteiger partial charge is 0.191 e. The van der Waals surface area contributed by atoms with E-state index in [1.807, 2.05) is 24.4 Å². The third-order valence-corrected chi connectivity index (χ3v) is 2.78. The molecule has 2 N–H and O–H groups in total. The van der Waals surface area contributed by atoms with Crippen LogP contribution < -0.4 is 10.6 Å². The van der Waals surface area contributed by atoms with Crippen LogP contribution in [0.25, 0.3) is 5.82 Å². The van der Waals surface area contributed by atoms with Crippen molar-refractivity contribution in [1.82, 2.24) is 25.4 Å². The van der Waals surface area contributed by atoms with Gasteiger partial charge < -0.3 is 10.6 Å². The molecule has 2 heterocycles. The van der Waals surface area contributed by atoms with E-state index in [1.165, 1.54) is 0 Å². The molecular formula is C14H20N6. The molecule has 2 rings (SSSR count). The lowest BCUT2D eigenvalue weighted by atomic mass is 10.2. The van der Waals surface area contributed by atoms with Crippen LogP contribution >= 0.6 is 0 Å². The Kier molecular flexibility index (Phi) is 5.11. The van der Waals surface area contributed by atoms with E-state index in [-0.39, 0.29) is 0 Å². The summed E-state index contributed by atoms with van der Waals surface area (Å²) in [5, 5.41) is 10.7. The Morgan fingerprint density at radius 2 is 2.25 bits per heavy atom. The second-order valence-corrected chi connectivity index (χ2v) is 4.33. The van der Waals surface area contributed by atoms with Gasteiger partial charge in [-0.3, -0.25) is 4.99 Å². The van der Waals surface area contributed by atoms with Crippen molar-refractivity contribution >= 4 is 5.96 Å². The molecule has 0 aliphatic rings. The monoisotopic (exact) mass is 272 g/mol. The largest absolute Gasteiger partial charge is 0.356 e. The van der Waals surface area contributed by atoms with Crippen LogP contribution in [-0.4, -0.2) is 34.3 Å². The molecule has 0 saturated carbocycles. The third-order valence-electron chi connectivity index (χ3n) is 2.78. The number of rotatable bonds is 5. The van der Waals surface area contributed by atoms with Crippen LogP contribution in [0.4, 0.5) is 0 Å². The highest BCUT2D eigenvalue weighted by atomic mass is 15.3. The Morgan fingerprint density at radius 3 is 2.95 bits per heavy atom. The summed E-state index contributed by atoms with van der Waals surface area (Å²) >= 11 is 0. The third kappa shape index (κ3) is 3.81. The molecule has 6 heteroatoms. The summed E-state index contributed by atoms with van der Waals surface area (Å²) < 4.78 is 1.74. The van der Waals surface area contributed by atoms with E-state index in [0.717, 1.165) is 30.3 Å². The zero-order chi connectivity index (χ0) is 14.2. The molecule has 0 saturated heterocycles. The molecule has 0 bridgehead atoms. The summed E-state index contributed by atoms with van der Waals surface area (Å²) in [7, 11) is 1.77. The van der Waals surface area contributed by atoms with E-state index in [2.05, 4.69) is 32.6 Å². The van der Waals surface area contributed by atoms with Gasteiger partial charge in [-0.25, -0.2) is 9.67 Å². The summed E-state index contributed by atoms with van der Waals surface area (Å²) in [6, 6.07) is 5.86. The zero-order valence-corrected chi connectivity index (χ0v) is 11.9. The van der Waals surface area contributed by atoms with Gasteiger partial charge in [0.05, 0.1) is 0 Å². The first-order chi connectivity index (χ1) is 9.83. The minimum atomic E-state index is 0.695. The van der Waals surface area contributed by atoms with Crippen molar-refractivity contribution in [1.29, 1.82) is 0 Å². The summed E-state index contributed by atoms with van der Waals surface area (Å²) in [5.41, 5.74) is 1.13. The Labute approximate surface area is 119 Å². The maximum absolute atomic E-state index is 4.31. The Morgan fingerprint density at radius 1 is 1.35 bits per heavy atom. The first-order valence-corrected chi connectivity index (χ1v) is 6.73. The molecule has 20 heavy (non-hydrogen) atoms. The van der Waals surface area contributed by atoms with Crippen LogP contribution in [0.2, 0.25) is 0 Å². The Bertz CT molecular complexity index is 547. The van der Waals surface area contributed by atoms with Gasteiger partial charge in [-0.1, -0.05) is 6.92 Å². The van der Waals surface area contributed by atoms with Crippen LogP contribution in [0.5, 0.6) is 0 Å². The maximum atomic E-state index is 4.31. The van der Waals surface area contributed by atoms with Crippen LogP contribution in [0, 0.1) is 0 Å². The van der Waals surface area contributed by atoms with Crippen molar-refractivity contribution in [2.45, 2.75) is 19.9 Å². The van der Waals surface area contributed by atoms with Crippen LogP contribution in [0.15, 0.2) is 41.8 Å². The van der Waals surface area contributed by atoms with Gasteiger partial charge in [-0.05, 0) is 30.2 Å². The lowest BCUT2D eigenvalue weighted by Gasteiger charge is -2.11. The van der Waals surface area contributed by atoms with Crippen LogP contribution in [0.3, 0.4) is 0 Å². The van der Waals surface area contributed by atoms with E-state index >= 15 is 0 Å². The molecular weight excluding hydrogens is 252 g/mol. The average molecular weight is 272 g/mol. The molecule has 0 fully saturated rings. The number of hydrogen-bond acceptors (Lipinski definition) is 3. The molecule has 0 atom stereocenters. The minimum absolute atomic E-state index is 0.695. The second kappa shape index (κ2) is 7.28. The number of nitrogens with zero attached hydrogens (tertiary/aromatic N) is 4. The van der Waals surface area contributed by atoms with Gasteiger partial charge in [0.15, 0.2) is 11.8 Å². The molecule has 106 valence electrons. The SMILES string of the molecule is CCCNC(=NC)NCc1ccnc(-n2cccn2)c1. The molecule has 0 aliphatic carbocycles. The number of pyridine rings is 1. The molecule has 0 aliphatic heterocycles. The normalized spacial score (nSPS) is 11.4. The standard InChI is InChI=1S/C14H20N6/c1-3-6-17-14(15-2)18-11-12-5-8-16-13(10-12)20-9-4-7-19-20/h4-5,7-10H,3,6,11H2,1-2H3,(H2,15,17,18). The molecule has 6 nitrogen and oxygen atoms in total. The van der Waals surface area contributed by atoms with Crippen molar-refractivity contribution < 1.29 is 0 Å². The quantitative estimate of drug-likeness (QED) is 0.637. The highest BCUT2D eigenvalue weighted by molar-refractivity contribution is 5.79. The molecule has 0 aromatic carbocycles. The fourth-order valence-corrected chi connectivity index (χ4v) is 1.75. The van der Waals surface area contributed by atoms with Crippen molar-refractivity contribution in [3.8, 4) is 5.82 Å². The Balaban J connectivity index is 1.98. The second-order valence-electron chi connectivity index (χ2n) is 4.33.